The molecule has 0 heterocycles. The summed E-state index contributed by atoms with van der Waals surface area (Å²) in [6, 6.07) is 15.2. The highest BCUT2D eigenvalue weighted by atomic mass is 35.5. The molecule has 0 radical (unpaired) electrons. The topological polar surface area (TPSA) is 140 Å². The normalized spacial score (nSPS) is 14.0. The Hall–Kier alpha value is -4.42. The molecule has 4 atom stereocenters. The van der Waals surface area contributed by atoms with Crippen LogP contribution in [-0.2, 0) is 32.1 Å². The van der Waals surface area contributed by atoms with Gasteiger partial charge in [-0.2, -0.15) is 13.2 Å². The molecule has 3 aromatic carbocycles. The number of alkyl halides is 3. The van der Waals surface area contributed by atoms with Gasteiger partial charge < -0.3 is 26.4 Å². The van der Waals surface area contributed by atoms with E-state index >= 15 is 0 Å². The molecule has 0 aliphatic heterocycles. The largest absolute Gasteiger partial charge is 0.497 e. The smallest absolute Gasteiger partial charge is 0.452 e. The van der Waals surface area contributed by atoms with Crippen molar-refractivity contribution >= 4 is 35.1 Å². The van der Waals surface area contributed by atoms with Gasteiger partial charge in [-0.3, -0.25) is 19.2 Å². The Morgan fingerprint density at radius 3 is 1.78 bits per heavy atom. The molecule has 3 rings (SSSR count). The molecule has 0 unspecified atom stereocenters. The molecule has 0 bridgehead atoms. The molecule has 0 aromatic heterocycles. The summed E-state index contributed by atoms with van der Waals surface area (Å²) in [6.45, 7) is 6.74. The number of ether oxygens (including phenoxy) is 1. The molecule has 13 heteroatoms. The number of Topliss-reactive ketones (excluding diaryl/α,β-unsaturated/α-hetero) is 1. The molecule has 0 aliphatic rings. The molecular weight excluding hydrogens is 661 g/mol. The van der Waals surface area contributed by atoms with E-state index in [0.717, 1.165) is 5.56 Å². The van der Waals surface area contributed by atoms with Gasteiger partial charge >= 0.3 is 6.18 Å². The third-order valence-electron chi connectivity index (χ3n) is 8.03. The molecular formula is C36H42ClF3N4O5. The van der Waals surface area contributed by atoms with E-state index in [0.29, 0.717) is 28.4 Å². The van der Waals surface area contributed by atoms with Crippen molar-refractivity contribution in [3.63, 3.8) is 0 Å². The van der Waals surface area contributed by atoms with E-state index in [4.69, 9.17) is 22.1 Å². The number of carbonyl (C=O) groups is 4. The lowest BCUT2D eigenvalue weighted by Crippen LogP contribution is -2.55. The minimum Gasteiger partial charge on any atom is -0.497 e. The van der Waals surface area contributed by atoms with E-state index in [2.05, 4.69) is 16.0 Å². The minimum absolute atomic E-state index is 0.00594. The van der Waals surface area contributed by atoms with Crippen LogP contribution in [0.5, 0.6) is 5.75 Å². The second kappa shape index (κ2) is 17.3. The highest BCUT2D eigenvalue weighted by Crippen LogP contribution is 2.27. The number of hydrogen-bond donors (Lipinski definition) is 4. The number of halogens is 4. The van der Waals surface area contributed by atoms with Crippen molar-refractivity contribution in [3.05, 3.63) is 100 Å². The first kappa shape index (κ1) is 39.0. The fraction of sp³-hybridized carbons (Fsp3) is 0.389. The van der Waals surface area contributed by atoms with Crippen molar-refractivity contribution in [3.8, 4) is 5.75 Å². The molecule has 3 aromatic rings. The van der Waals surface area contributed by atoms with E-state index in [9.17, 15) is 32.3 Å². The Labute approximate surface area is 289 Å². The van der Waals surface area contributed by atoms with Gasteiger partial charge in [0.1, 0.15) is 17.8 Å². The minimum atomic E-state index is -5.20. The zero-order valence-electron chi connectivity index (χ0n) is 27.9. The van der Waals surface area contributed by atoms with Gasteiger partial charge in [0.15, 0.2) is 0 Å². The number of nitrogens with one attached hydrogen (secondary N) is 3. The fourth-order valence-electron chi connectivity index (χ4n) is 5.31. The first-order valence-corrected chi connectivity index (χ1v) is 16.1. The number of carbonyl (C=O) groups excluding carboxylic acids is 4. The average Bonchev–Trinajstić information content (AvgIpc) is 3.06. The van der Waals surface area contributed by atoms with Crippen LogP contribution in [0.15, 0.2) is 72.8 Å². The third-order valence-corrected chi connectivity index (χ3v) is 8.29. The molecule has 0 saturated carbocycles. The molecule has 3 amide bonds. The van der Waals surface area contributed by atoms with Gasteiger partial charge in [0, 0.05) is 18.0 Å². The monoisotopic (exact) mass is 702 g/mol. The maximum Gasteiger partial charge on any atom is 0.452 e. The first-order chi connectivity index (χ1) is 23.0. The lowest BCUT2D eigenvalue weighted by molar-refractivity contribution is -0.175. The maximum absolute atomic E-state index is 14.1. The average molecular weight is 703 g/mol. The van der Waals surface area contributed by atoms with E-state index < -0.39 is 59.6 Å². The lowest BCUT2D eigenvalue weighted by Gasteiger charge is -2.28. The van der Waals surface area contributed by atoms with Crippen LogP contribution in [0.3, 0.4) is 0 Å². The zero-order valence-corrected chi connectivity index (χ0v) is 28.7. The molecule has 49 heavy (non-hydrogen) atoms. The molecule has 0 spiro atoms. The summed E-state index contributed by atoms with van der Waals surface area (Å²) in [5.74, 6) is -5.77. The maximum atomic E-state index is 14.1. The Kier molecular flexibility index (Phi) is 13.8. The van der Waals surface area contributed by atoms with E-state index in [1.807, 2.05) is 13.8 Å². The summed E-state index contributed by atoms with van der Waals surface area (Å²) in [6.07, 6.45) is -5.20. The second-order valence-corrected chi connectivity index (χ2v) is 12.8. The quantitative estimate of drug-likeness (QED) is 0.167. The Morgan fingerprint density at radius 2 is 1.29 bits per heavy atom. The highest BCUT2D eigenvalue weighted by Gasteiger charge is 2.45. The number of methoxy groups -OCH3 is 1. The van der Waals surface area contributed by atoms with Crippen molar-refractivity contribution in [1.82, 2.24) is 16.0 Å². The van der Waals surface area contributed by atoms with Crippen LogP contribution >= 0.6 is 11.6 Å². The molecule has 264 valence electrons. The van der Waals surface area contributed by atoms with Crippen LogP contribution in [0.4, 0.5) is 13.2 Å². The third kappa shape index (κ3) is 10.8. The van der Waals surface area contributed by atoms with Gasteiger partial charge in [0.25, 0.3) is 5.78 Å². The molecule has 0 saturated heterocycles. The van der Waals surface area contributed by atoms with Crippen molar-refractivity contribution in [2.24, 2.45) is 17.6 Å². The van der Waals surface area contributed by atoms with Crippen LogP contribution in [-0.4, -0.2) is 48.9 Å². The standard InChI is InChI=1S/C36H42ClF3N4O5/c1-20(2)29(24-10-14-26(37)15-11-24)34(47)42-28(18-22-6-8-23(19-41)9-7-22)33(46)44-31(25-12-16-27(49-5)17-13-25)35(48)43-30(21(3)4)32(45)36(38,39)40/h6-17,20-21,28-31H,18-19,41H2,1-5H3,(H,42,47)(H,43,48)(H,44,46)/t28-,29-,30-,31-/m0/s1. The second-order valence-electron chi connectivity index (χ2n) is 12.4. The Balaban J connectivity index is 2.01. The molecule has 9 nitrogen and oxygen atoms in total. The van der Waals surface area contributed by atoms with E-state index in [1.165, 1.54) is 45.2 Å². The number of nitrogens with two attached hydrogens (primary N) is 1. The fourth-order valence-corrected chi connectivity index (χ4v) is 5.44. The number of rotatable bonds is 15. The van der Waals surface area contributed by atoms with E-state index in [1.54, 1.807) is 48.5 Å². The zero-order chi connectivity index (χ0) is 36.5. The summed E-state index contributed by atoms with van der Waals surface area (Å²) in [4.78, 5) is 53.8. The summed E-state index contributed by atoms with van der Waals surface area (Å²) < 4.78 is 45.5. The summed E-state index contributed by atoms with van der Waals surface area (Å²) in [5, 5.41) is 8.14. The van der Waals surface area contributed by atoms with Crippen LogP contribution in [0.1, 0.15) is 61.9 Å². The predicted octanol–water partition coefficient (Wildman–Crippen LogP) is 5.40. The summed E-state index contributed by atoms with van der Waals surface area (Å²) in [5.41, 5.74) is 8.13. The predicted molar refractivity (Wildman–Crippen MR) is 181 cm³/mol. The van der Waals surface area contributed by atoms with Gasteiger partial charge in [0.2, 0.25) is 17.7 Å². The van der Waals surface area contributed by atoms with Gasteiger partial charge in [0.05, 0.1) is 19.1 Å². The lowest BCUT2D eigenvalue weighted by atomic mass is 9.87. The SMILES string of the molecule is COc1ccc([C@H](NC(=O)[C@H](Cc2ccc(CN)cc2)NC(=O)[C@H](c2ccc(Cl)cc2)C(C)C)C(=O)N[C@H](C(=O)C(F)(F)F)C(C)C)cc1. The number of hydrogen-bond acceptors (Lipinski definition) is 6. The number of ketones is 1. The summed E-state index contributed by atoms with van der Waals surface area (Å²) >= 11 is 6.07. The molecule has 0 fully saturated rings. The Morgan fingerprint density at radius 1 is 0.735 bits per heavy atom. The highest BCUT2D eigenvalue weighted by molar-refractivity contribution is 6.30. The van der Waals surface area contributed by atoms with Crippen LogP contribution in [0.2, 0.25) is 5.02 Å². The van der Waals surface area contributed by atoms with Gasteiger partial charge in [-0.1, -0.05) is 87.8 Å². The van der Waals surface area contributed by atoms with Crippen molar-refractivity contribution in [1.29, 1.82) is 0 Å². The van der Waals surface area contributed by atoms with Crippen molar-refractivity contribution in [2.45, 2.75) is 70.9 Å². The van der Waals surface area contributed by atoms with E-state index in [-0.39, 0.29) is 17.9 Å². The number of amides is 3. The van der Waals surface area contributed by atoms with Crippen molar-refractivity contribution in [2.75, 3.05) is 7.11 Å². The molecule has 0 aliphatic carbocycles. The van der Waals surface area contributed by atoms with Gasteiger partial charge in [-0.15, -0.1) is 0 Å². The molecule has 5 N–H and O–H groups in total. The van der Waals surface area contributed by atoms with Gasteiger partial charge in [-0.05, 0) is 58.4 Å². The summed E-state index contributed by atoms with van der Waals surface area (Å²) in [7, 11) is 1.43. The number of benzene rings is 3. The van der Waals surface area contributed by atoms with Crippen molar-refractivity contribution < 1.29 is 37.1 Å². The van der Waals surface area contributed by atoms with Crippen LogP contribution < -0.4 is 26.4 Å². The van der Waals surface area contributed by atoms with Crippen LogP contribution in [0.25, 0.3) is 0 Å². The van der Waals surface area contributed by atoms with Gasteiger partial charge in [-0.25, -0.2) is 0 Å². The first-order valence-electron chi connectivity index (χ1n) is 15.7. The Bertz CT molecular complexity index is 1580. The van der Waals surface area contributed by atoms with Crippen LogP contribution in [0, 0.1) is 11.8 Å².